The number of benzene rings is 8. The second-order valence-corrected chi connectivity index (χ2v) is 15.1. The number of furan rings is 1. The van der Waals surface area contributed by atoms with Gasteiger partial charge in [0.1, 0.15) is 11.2 Å². The molecule has 11 rings (SSSR count). The number of rotatable bonds is 6. The summed E-state index contributed by atoms with van der Waals surface area (Å²) >= 11 is 0. The van der Waals surface area contributed by atoms with E-state index in [9.17, 15) is 0 Å². The van der Waals surface area contributed by atoms with Crippen LogP contribution in [0.3, 0.4) is 0 Å². The van der Waals surface area contributed by atoms with Crippen LogP contribution in [0.15, 0.2) is 205 Å². The lowest BCUT2D eigenvalue weighted by Gasteiger charge is -2.28. The third-order valence-corrected chi connectivity index (χ3v) is 11.8. The first-order valence-electron chi connectivity index (χ1n) is 19.5. The number of aromatic nitrogens is 2. The summed E-state index contributed by atoms with van der Waals surface area (Å²) in [4.78, 5) is 10.5. The van der Waals surface area contributed by atoms with Crippen LogP contribution in [-0.4, -0.2) is 9.97 Å². The fourth-order valence-electron chi connectivity index (χ4n) is 8.91. The van der Waals surface area contributed by atoms with Crippen LogP contribution in [0.2, 0.25) is 0 Å². The quantitative estimate of drug-likeness (QED) is 0.171. The summed E-state index contributed by atoms with van der Waals surface area (Å²) in [6, 6.07) is 71.1. The minimum Gasteiger partial charge on any atom is -0.456 e. The maximum Gasteiger partial charge on any atom is 0.160 e. The van der Waals surface area contributed by atoms with Gasteiger partial charge < -0.3 is 4.42 Å². The van der Waals surface area contributed by atoms with Gasteiger partial charge in [-0.1, -0.05) is 170 Å². The van der Waals surface area contributed by atoms with Crippen LogP contribution in [0.1, 0.15) is 23.6 Å². The van der Waals surface area contributed by atoms with Crippen molar-refractivity contribution in [2.24, 2.45) is 0 Å². The molecule has 3 nitrogen and oxygen atoms in total. The summed E-state index contributed by atoms with van der Waals surface area (Å²) in [6.07, 6.45) is 0. The van der Waals surface area contributed by atoms with E-state index in [4.69, 9.17) is 14.4 Å². The van der Waals surface area contributed by atoms with Gasteiger partial charge in [-0.25, -0.2) is 9.97 Å². The van der Waals surface area contributed by atoms with Gasteiger partial charge in [0.05, 0.1) is 11.4 Å². The van der Waals surface area contributed by atoms with Crippen LogP contribution in [-0.2, 0) is 5.41 Å². The fraction of sp³-hybridized carbons (Fsp3) is 0.0370. The Morgan fingerprint density at radius 3 is 1.79 bits per heavy atom. The number of fused-ring (bicyclic) bond motifs is 6. The van der Waals surface area contributed by atoms with E-state index in [1.165, 1.54) is 27.8 Å². The van der Waals surface area contributed by atoms with E-state index < -0.39 is 0 Å². The van der Waals surface area contributed by atoms with Crippen molar-refractivity contribution in [3.05, 3.63) is 217 Å². The van der Waals surface area contributed by atoms with Crippen molar-refractivity contribution < 1.29 is 4.42 Å². The van der Waals surface area contributed by atoms with E-state index >= 15 is 0 Å². The molecule has 10 aromatic rings. The molecular formula is C54H36N2O. The second kappa shape index (κ2) is 13.1. The van der Waals surface area contributed by atoms with Crippen molar-refractivity contribution in [3.63, 3.8) is 0 Å². The molecule has 8 aromatic carbocycles. The number of nitrogens with zero attached hydrogens (tertiary/aromatic N) is 2. The highest BCUT2D eigenvalue weighted by Crippen LogP contribution is 2.55. The van der Waals surface area contributed by atoms with Gasteiger partial charge in [0, 0.05) is 32.9 Å². The number of hydrogen-bond donors (Lipinski definition) is 0. The van der Waals surface area contributed by atoms with Crippen LogP contribution >= 0.6 is 0 Å². The minimum atomic E-state index is -0.300. The molecule has 1 unspecified atom stereocenters. The molecule has 0 saturated carbocycles. The summed E-state index contributed by atoms with van der Waals surface area (Å²) in [5.41, 5.74) is 17.4. The molecule has 2 heterocycles. The summed E-state index contributed by atoms with van der Waals surface area (Å²) in [5, 5.41) is 2.27. The molecule has 1 aliphatic rings. The zero-order valence-corrected chi connectivity index (χ0v) is 31.4. The van der Waals surface area contributed by atoms with E-state index in [0.717, 1.165) is 72.3 Å². The van der Waals surface area contributed by atoms with Crippen molar-refractivity contribution >= 4 is 21.9 Å². The highest BCUT2D eigenvalue weighted by molar-refractivity contribution is 6.06. The molecule has 3 heteroatoms. The number of hydrogen-bond acceptors (Lipinski definition) is 3. The SMILES string of the molecule is CC1(c2ccccc2)c2ccccc2-c2c(-c3cc(-c4cccc(-c5ccc(-c6ccc7oc8ccccc8c7c6)cc5)c4)nc(-c4ccccc4)n3)cccc21. The Balaban J connectivity index is 1.01. The third-order valence-electron chi connectivity index (χ3n) is 11.8. The molecule has 0 amide bonds. The van der Waals surface area contributed by atoms with Gasteiger partial charge in [-0.2, -0.15) is 0 Å². The Bertz CT molecular complexity index is 3130. The second-order valence-electron chi connectivity index (χ2n) is 15.1. The van der Waals surface area contributed by atoms with Crippen LogP contribution in [0.4, 0.5) is 0 Å². The van der Waals surface area contributed by atoms with Gasteiger partial charge >= 0.3 is 0 Å². The Morgan fingerprint density at radius 1 is 0.386 bits per heavy atom. The minimum absolute atomic E-state index is 0.300. The lowest BCUT2D eigenvalue weighted by Crippen LogP contribution is -2.22. The maximum atomic E-state index is 6.08. The highest BCUT2D eigenvalue weighted by atomic mass is 16.3. The molecule has 0 aliphatic heterocycles. The van der Waals surface area contributed by atoms with Gasteiger partial charge in [0.25, 0.3) is 0 Å². The zero-order chi connectivity index (χ0) is 37.9. The molecule has 1 aliphatic carbocycles. The van der Waals surface area contributed by atoms with E-state index in [0.29, 0.717) is 5.82 Å². The summed E-state index contributed by atoms with van der Waals surface area (Å²) in [5.74, 6) is 0.704. The molecule has 1 atom stereocenters. The Labute approximate surface area is 331 Å². The van der Waals surface area contributed by atoms with Crippen molar-refractivity contribution in [1.82, 2.24) is 9.97 Å². The standard InChI is InChI=1S/C54H36N2O/c1-54(41-18-6-3-7-19-41)46-23-10-8-21-43(46)52-44(22-13-24-47(52)54)49-34-48(55-53(56-49)37-14-4-2-5-15-37)40-17-12-16-38(32-40)35-26-28-36(29-27-35)39-30-31-51-45(33-39)42-20-9-11-25-50(42)57-51/h2-34H,1H3. The highest BCUT2D eigenvalue weighted by Gasteiger charge is 2.41. The Kier molecular flexibility index (Phi) is 7.61. The molecule has 0 saturated heterocycles. The lowest BCUT2D eigenvalue weighted by atomic mass is 9.74. The monoisotopic (exact) mass is 728 g/mol. The van der Waals surface area contributed by atoms with E-state index in [1.54, 1.807) is 0 Å². The van der Waals surface area contributed by atoms with E-state index in [2.05, 4.69) is 177 Å². The fourth-order valence-corrected chi connectivity index (χ4v) is 8.91. The first kappa shape index (κ1) is 33.0. The summed E-state index contributed by atoms with van der Waals surface area (Å²) < 4.78 is 6.08. The molecule has 0 spiro atoms. The van der Waals surface area contributed by atoms with Gasteiger partial charge in [-0.15, -0.1) is 0 Å². The van der Waals surface area contributed by atoms with Crippen molar-refractivity contribution in [3.8, 4) is 67.3 Å². The normalized spacial score (nSPS) is 14.5. The first-order valence-corrected chi connectivity index (χ1v) is 19.5. The van der Waals surface area contributed by atoms with Crippen LogP contribution in [0.25, 0.3) is 89.2 Å². The van der Waals surface area contributed by atoms with Gasteiger partial charge in [-0.05, 0) is 87.3 Å². The average Bonchev–Trinajstić information content (AvgIpc) is 3.80. The molecule has 0 N–H and O–H groups in total. The van der Waals surface area contributed by atoms with Crippen molar-refractivity contribution in [1.29, 1.82) is 0 Å². The summed E-state index contributed by atoms with van der Waals surface area (Å²) in [7, 11) is 0. The van der Waals surface area contributed by atoms with E-state index in [1.807, 2.05) is 30.3 Å². The van der Waals surface area contributed by atoms with Crippen LogP contribution < -0.4 is 0 Å². The average molecular weight is 729 g/mol. The predicted molar refractivity (Wildman–Crippen MR) is 234 cm³/mol. The Morgan fingerprint density at radius 2 is 0.965 bits per heavy atom. The molecule has 2 aromatic heterocycles. The van der Waals surface area contributed by atoms with Gasteiger partial charge in [0.2, 0.25) is 0 Å². The largest absolute Gasteiger partial charge is 0.456 e. The van der Waals surface area contributed by atoms with Gasteiger partial charge in [-0.3, -0.25) is 0 Å². The smallest absolute Gasteiger partial charge is 0.160 e. The molecule has 268 valence electrons. The molecule has 0 bridgehead atoms. The molecule has 0 fully saturated rings. The Hall–Kier alpha value is -7.36. The van der Waals surface area contributed by atoms with Gasteiger partial charge in [0.15, 0.2) is 5.82 Å². The topological polar surface area (TPSA) is 38.9 Å². The number of para-hydroxylation sites is 1. The predicted octanol–water partition coefficient (Wildman–Crippen LogP) is 14.0. The molecule has 57 heavy (non-hydrogen) atoms. The lowest BCUT2D eigenvalue weighted by molar-refractivity contribution is 0.669. The first-order chi connectivity index (χ1) is 28.1. The van der Waals surface area contributed by atoms with Crippen LogP contribution in [0, 0.1) is 0 Å². The third kappa shape index (κ3) is 5.43. The van der Waals surface area contributed by atoms with Crippen molar-refractivity contribution in [2.45, 2.75) is 12.3 Å². The van der Waals surface area contributed by atoms with E-state index in [-0.39, 0.29) is 5.41 Å². The zero-order valence-electron chi connectivity index (χ0n) is 31.4. The maximum absolute atomic E-state index is 6.08. The van der Waals surface area contributed by atoms with Crippen molar-refractivity contribution in [2.75, 3.05) is 0 Å². The van der Waals surface area contributed by atoms with Crippen LogP contribution in [0.5, 0.6) is 0 Å². The molecular weight excluding hydrogens is 693 g/mol. The summed E-state index contributed by atoms with van der Waals surface area (Å²) in [6.45, 7) is 2.36. The molecule has 0 radical (unpaired) electrons.